The third-order valence-electron chi connectivity index (χ3n) is 23.2. The highest BCUT2D eigenvalue weighted by molar-refractivity contribution is 7.00. The van der Waals surface area contributed by atoms with Crippen molar-refractivity contribution < 1.29 is 0 Å². The van der Waals surface area contributed by atoms with E-state index in [1.54, 1.807) is 0 Å². The summed E-state index contributed by atoms with van der Waals surface area (Å²) in [6, 6.07) is 129. The molecule has 0 radical (unpaired) electrons. The van der Waals surface area contributed by atoms with Crippen molar-refractivity contribution in [1.82, 2.24) is 4.57 Å². The summed E-state index contributed by atoms with van der Waals surface area (Å²) >= 11 is 0. The maximum absolute atomic E-state index is 2.67. The largest absolute Gasteiger partial charge is 0.311 e. The second kappa shape index (κ2) is 26.9. The normalized spacial score (nSPS) is 12.9. The molecule has 0 unspecified atom stereocenters. The van der Waals surface area contributed by atoms with Gasteiger partial charge in [0.1, 0.15) is 0 Å². The highest BCUT2D eigenvalue weighted by atomic mass is 15.2. The molecule has 0 N–H and O–H groups in total. The number of rotatable bonds is 11. The maximum Gasteiger partial charge on any atom is 0.252 e. The first-order chi connectivity index (χ1) is 53.0. The zero-order valence-electron chi connectivity index (χ0n) is 65.3. The van der Waals surface area contributed by atoms with Crippen molar-refractivity contribution in [2.24, 2.45) is 0 Å². The van der Waals surface area contributed by atoms with E-state index in [-0.39, 0.29) is 28.4 Å². The van der Waals surface area contributed by atoms with E-state index in [4.69, 9.17) is 0 Å². The van der Waals surface area contributed by atoms with Crippen LogP contribution < -0.4 is 26.2 Å². The lowest BCUT2D eigenvalue weighted by atomic mass is 9.33. The summed E-state index contributed by atoms with van der Waals surface area (Å²) in [7, 11) is 0. The predicted molar refractivity (Wildman–Crippen MR) is 473 cm³/mol. The molecular weight excluding hydrogens is 1330 g/mol. The van der Waals surface area contributed by atoms with Crippen LogP contribution in [-0.2, 0) is 21.7 Å². The summed E-state index contributed by atoms with van der Waals surface area (Å²) in [5.74, 6) is 0. The van der Waals surface area contributed by atoms with Gasteiger partial charge in [0.2, 0.25) is 0 Å². The molecule has 0 spiro atoms. The van der Waals surface area contributed by atoms with Gasteiger partial charge in [-0.25, -0.2) is 0 Å². The lowest BCUT2D eigenvalue weighted by Crippen LogP contribution is -2.61. The average molecular weight is 1420 g/mol. The second-order valence-corrected chi connectivity index (χ2v) is 34.7. The Morgan fingerprint density at radius 1 is 0.200 bits per heavy atom. The third-order valence-corrected chi connectivity index (χ3v) is 23.2. The Morgan fingerprint density at radius 3 is 0.718 bits per heavy atom. The van der Waals surface area contributed by atoms with Gasteiger partial charge in [-0.3, -0.25) is 0 Å². The maximum atomic E-state index is 2.67. The van der Waals surface area contributed by atoms with Crippen molar-refractivity contribution >= 4 is 79.0 Å². The zero-order chi connectivity index (χ0) is 75.5. The number of aromatic nitrogens is 1. The molecule has 0 fully saturated rings. The first kappa shape index (κ1) is 69.5. The Hall–Kier alpha value is -12.2. The summed E-state index contributed by atoms with van der Waals surface area (Å²) in [6.07, 6.45) is 0. The van der Waals surface area contributed by atoms with E-state index in [1.165, 1.54) is 138 Å². The zero-order valence-corrected chi connectivity index (χ0v) is 65.3. The molecule has 4 heteroatoms. The Morgan fingerprint density at radius 2 is 0.436 bits per heavy atom. The van der Waals surface area contributed by atoms with E-state index in [9.17, 15) is 0 Å². The fraction of sp³-hybridized carbons (Fsp3) is 0.151. The van der Waals surface area contributed by atoms with E-state index in [2.05, 4.69) is 437 Å². The second-order valence-electron chi connectivity index (χ2n) is 34.7. The van der Waals surface area contributed by atoms with E-state index < -0.39 is 0 Å². The molecule has 0 saturated carbocycles. The monoisotopic (exact) mass is 1420 g/mol. The standard InChI is InChI=1S/C106H92BN3/c1-103(2,3)85-61-86(104(4,5)6)64-89(63-85)108-96-55-51-81(79-45-41-77(42-46-79)75-37-33-73(34-38-75)69-25-17-13-18-26-69)57-94(96)107-95-58-82(80-47-43-78(44-48-80)76-39-35-74(36-40-76)70-27-19-14-20-28-70)52-56-97(95)109(90-65-87(105(7,8)9)62-88(66-90)106(10,11)12)101-68-91(67-100(108)102(101)107)110-98-59-83(71-29-21-15-22-30-71)49-53-92(98)93-54-50-84(60-99(93)110)72-31-23-16-24-32-72/h13-68H,1-12H3. The molecule has 1 aromatic heterocycles. The van der Waals surface area contributed by atoms with Crippen LogP contribution >= 0.6 is 0 Å². The van der Waals surface area contributed by atoms with Gasteiger partial charge in [0, 0.05) is 44.9 Å². The highest BCUT2D eigenvalue weighted by Crippen LogP contribution is 2.51. The van der Waals surface area contributed by atoms with E-state index in [1.807, 2.05) is 0 Å². The van der Waals surface area contributed by atoms with Gasteiger partial charge in [0.15, 0.2) is 0 Å². The number of anilines is 6. The van der Waals surface area contributed by atoms with Crippen molar-refractivity contribution in [1.29, 1.82) is 0 Å². The molecule has 2 aliphatic rings. The summed E-state index contributed by atoms with van der Waals surface area (Å²) in [5, 5.41) is 2.41. The Bertz CT molecular complexity index is 5740. The lowest BCUT2D eigenvalue weighted by Gasteiger charge is -2.45. The molecule has 0 amide bonds. The fourth-order valence-corrected chi connectivity index (χ4v) is 16.8. The summed E-state index contributed by atoms with van der Waals surface area (Å²) in [4.78, 5) is 5.35. The minimum atomic E-state index is -0.232. The van der Waals surface area contributed by atoms with Crippen LogP contribution in [0.4, 0.5) is 34.1 Å². The number of hydrogen-bond acceptors (Lipinski definition) is 2. The van der Waals surface area contributed by atoms with Gasteiger partial charge in [0.05, 0.1) is 16.7 Å². The summed E-state index contributed by atoms with van der Waals surface area (Å²) in [5.41, 5.74) is 37.5. The van der Waals surface area contributed by atoms with Gasteiger partial charge in [0.25, 0.3) is 6.71 Å². The first-order valence-corrected chi connectivity index (χ1v) is 39.1. The van der Waals surface area contributed by atoms with Crippen molar-refractivity contribution in [3.8, 4) is 94.7 Å². The lowest BCUT2D eigenvalue weighted by molar-refractivity contribution is 0.568. The van der Waals surface area contributed by atoms with Crippen molar-refractivity contribution in [3.05, 3.63) is 362 Å². The molecule has 15 aromatic carbocycles. The van der Waals surface area contributed by atoms with Gasteiger partial charge < -0.3 is 14.4 Å². The van der Waals surface area contributed by atoms with Gasteiger partial charge in [-0.1, -0.05) is 362 Å². The number of fused-ring (bicyclic) bond motifs is 7. The number of hydrogen-bond donors (Lipinski definition) is 0. The SMILES string of the molecule is CC(C)(C)c1cc(N2c3ccc(-c4ccc(-c5ccc(-c6ccccc6)cc5)cc4)cc3B3c4cc(-c5ccc(-c6ccc(-c7ccccc7)cc6)cc5)ccc4N(c4cc(C(C)(C)C)cc(C(C)(C)C)c4)c4cc(-n5c6cc(-c7ccccc7)ccc6c6ccc(-c7ccccc7)cc65)cc2c43)cc(C(C)(C)C)c1. The molecule has 2 aliphatic heterocycles. The summed E-state index contributed by atoms with van der Waals surface area (Å²) in [6.45, 7) is 28.2. The third kappa shape index (κ3) is 12.7. The van der Waals surface area contributed by atoms with Crippen molar-refractivity contribution in [2.75, 3.05) is 9.80 Å². The molecular formula is C106H92BN3. The molecule has 0 bridgehead atoms. The van der Waals surface area contributed by atoms with Crippen LogP contribution in [-0.4, -0.2) is 11.3 Å². The van der Waals surface area contributed by atoms with E-state index in [0.29, 0.717) is 0 Å². The summed E-state index contributed by atoms with van der Waals surface area (Å²) < 4.78 is 2.60. The van der Waals surface area contributed by atoms with Gasteiger partial charge in [-0.05, 0) is 210 Å². The first-order valence-electron chi connectivity index (χ1n) is 39.1. The molecule has 16 aromatic rings. The minimum Gasteiger partial charge on any atom is -0.311 e. The predicted octanol–water partition coefficient (Wildman–Crippen LogP) is 27.4. The minimum absolute atomic E-state index is 0.172. The van der Waals surface area contributed by atoms with Crippen LogP contribution in [0.3, 0.4) is 0 Å². The van der Waals surface area contributed by atoms with Crippen LogP contribution in [0.2, 0.25) is 0 Å². The Labute approximate surface area is 650 Å². The van der Waals surface area contributed by atoms with Gasteiger partial charge in [-0.2, -0.15) is 0 Å². The molecule has 0 atom stereocenters. The molecule has 3 heterocycles. The Kier molecular flexibility index (Phi) is 17.0. The van der Waals surface area contributed by atoms with Crippen LogP contribution in [0.25, 0.3) is 117 Å². The van der Waals surface area contributed by atoms with Crippen molar-refractivity contribution in [2.45, 2.75) is 105 Å². The fourth-order valence-electron chi connectivity index (χ4n) is 16.8. The van der Waals surface area contributed by atoms with E-state index >= 15 is 0 Å². The molecule has 110 heavy (non-hydrogen) atoms. The highest BCUT2D eigenvalue weighted by Gasteiger charge is 2.45. The van der Waals surface area contributed by atoms with Crippen LogP contribution in [0.15, 0.2) is 340 Å². The molecule has 534 valence electrons. The topological polar surface area (TPSA) is 11.4 Å². The van der Waals surface area contributed by atoms with E-state index in [0.717, 1.165) is 50.8 Å². The van der Waals surface area contributed by atoms with Crippen LogP contribution in [0.1, 0.15) is 105 Å². The number of benzene rings is 15. The molecule has 3 nitrogen and oxygen atoms in total. The van der Waals surface area contributed by atoms with Gasteiger partial charge >= 0.3 is 0 Å². The smallest absolute Gasteiger partial charge is 0.252 e. The van der Waals surface area contributed by atoms with Crippen LogP contribution in [0.5, 0.6) is 0 Å². The molecule has 0 aliphatic carbocycles. The number of nitrogens with zero attached hydrogens (tertiary/aromatic N) is 3. The quantitative estimate of drug-likeness (QED) is 0.120. The molecule has 0 saturated heterocycles. The Balaban J connectivity index is 0.927. The van der Waals surface area contributed by atoms with Crippen LogP contribution in [0, 0.1) is 0 Å². The molecule has 18 rings (SSSR count). The van der Waals surface area contributed by atoms with Gasteiger partial charge in [-0.15, -0.1) is 0 Å². The average Bonchev–Trinajstić information content (AvgIpc) is 0.877. The van der Waals surface area contributed by atoms with Crippen molar-refractivity contribution in [3.63, 3.8) is 0 Å².